The summed E-state index contributed by atoms with van der Waals surface area (Å²) in [6.45, 7) is 2.64. The number of anilines is 1. The number of nitrogens with zero attached hydrogens (tertiary/aromatic N) is 3. The topological polar surface area (TPSA) is 89.6 Å². The smallest absolute Gasteiger partial charge is 0.289 e. The molecule has 0 spiro atoms. The van der Waals surface area contributed by atoms with Crippen LogP contribution in [0.2, 0.25) is 0 Å². The van der Waals surface area contributed by atoms with Gasteiger partial charge in [0.1, 0.15) is 0 Å². The fourth-order valence-corrected chi connectivity index (χ4v) is 3.53. The van der Waals surface area contributed by atoms with Crippen LogP contribution in [0.15, 0.2) is 52.0 Å². The van der Waals surface area contributed by atoms with Crippen molar-refractivity contribution in [2.75, 3.05) is 43.8 Å². The summed E-state index contributed by atoms with van der Waals surface area (Å²) in [4.78, 5) is 29.3. The van der Waals surface area contributed by atoms with Gasteiger partial charge in [-0.3, -0.25) is 14.5 Å². The molecule has 7 nitrogen and oxygen atoms in total. The Morgan fingerprint density at radius 1 is 1.15 bits per heavy atom. The van der Waals surface area contributed by atoms with Gasteiger partial charge in [-0.1, -0.05) is 12.1 Å². The van der Waals surface area contributed by atoms with Crippen molar-refractivity contribution in [3.8, 4) is 6.07 Å². The Hall–Kier alpha value is -2.76. The standard InChI is InChI=1S/C19H20N4O3S/c20-7-13-27-17-6-2-1-4-15(17)21-18(24)14-22-8-10-23(11-9-22)19(25)16-5-3-12-26-16/h1-6,12H,8-11,13-14H2,(H,21,24). The Morgan fingerprint density at radius 2 is 1.93 bits per heavy atom. The third kappa shape index (κ3) is 5.12. The highest BCUT2D eigenvalue weighted by Crippen LogP contribution is 2.26. The Labute approximate surface area is 161 Å². The summed E-state index contributed by atoms with van der Waals surface area (Å²) < 4.78 is 5.15. The molecule has 0 saturated carbocycles. The molecular weight excluding hydrogens is 364 g/mol. The van der Waals surface area contributed by atoms with Crippen LogP contribution < -0.4 is 5.32 Å². The van der Waals surface area contributed by atoms with Crippen molar-refractivity contribution in [2.45, 2.75) is 4.90 Å². The predicted octanol–water partition coefficient (Wildman–Crippen LogP) is 2.29. The SMILES string of the molecule is N#CCSc1ccccc1NC(=O)CN1CCN(C(=O)c2ccco2)CC1. The Morgan fingerprint density at radius 3 is 2.63 bits per heavy atom. The molecule has 27 heavy (non-hydrogen) atoms. The quantitative estimate of drug-likeness (QED) is 0.769. The molecule has 1 aromatic heterocycles. The molecular formula is C19H20N4O3S. The second-order valence-electron chi connectivity index (χ2n) is 6.04. The van der Waals surface area contributed by atoms with Crippen molar-refractivity contribution in [3.05, 3.63) is 48.4 Å². The summed E-state index contributed by atoms with van der Waals surface area (Å²) in [5.41, 5.74) is 0.717. The van der Waals surface area contributed by atoms with Crippen molar-refractivity contribution >= 4 is 29.3 Å². The molecule has 1 saturated heterocycles. The number of nitriles is 1. The van der Waals surface area contributed by atoms with E-state index in [-0.39, 0.29) is 18.4 Å². The fourth-order valence-electron chi connectivity index (χ4n) is 2.86. The first-order chi connectivity index (χ1) is 13.2. The minimum atomic E-state index is -0.118. The van der Waals surface area contributed by atoms with Gasteiger partial charge < -0.3 is 14.6 Å². The van der Waals surface area contributed by atoms with Gasteiger partial charge in [-0.15, -0.1) is 11.8 Å². The molecule has 140 valence electrons. The maximum atomic E-state index is 12.4. The average Bonchev–Trinajstić information content (AvgIpc) is 3.22. The highest BCUT2D eigenvalue weighted by atomic mass is 32.2. The van der Waals surface area contributed by atoms with Gasteiger partial charge in [0.2, 0.25) is 5.91 Å². The second-order valence-corrected chi connectivity index (χ2v) is 7.05. The monoisotopic (exact) mass is 384 g/mol. The summed E-state index contributed by atoms with van der Waals surface area (Å²) in [5, 5.41) is 11.7. The van der Waals surface area contributed by atoms with Gasteiger partial charge in [-0.2, -0.15) is 5.26 Å². The van der Waals surface area contributed by atoms with Crippen molar-refractivity contribution in [1.82, 2.24) is 9.80 Å². The number of carbonyl (C=O) groups excluding carboxylic acids is 2. The van der Waals surface area contributed by atoms with Gasteiger partial charge in [-0.25, -0.2) is 0 Å². The van der Waals surface area contributed by atoms with Gasteiger partial charge in [0.25, 0.3) is 5.91 Å². The van der Waals surface area contributed by atoms with E-state index < -0.39 is 0 Å². The van der Waals surface area contributed by atoms with Crippen LogP contribution in [-0.2, 0) is 4.79 Å². The van der Waals surface area contributed by atoms with Crippen LogP contribution in [0.1, 0.15) is 10.6 Å². The molecule has 0 unspecified atom stereocenters. The molecule has 1 aromatic carbocycles. The number of furan rings is 1. The van der Waals surface area contributed by atoms with Crippen LogP contribution in [0.3, 0.4) is 0 Å². The summed E-state index contributed by atoms with van der Waals surface area (Å²) in [5.74, 6) is 0.449. The Balaban J connectivity index is 1.49. The largest absolute Gasteiger partial charge is 0.459 e. The minimum absolute atomic E-state index is 0.106. The van der Waals surface area contributed by atoms with E-state index >= 15 is 0 Å². The van der Waals surface area contributed by atoms with Crippen LogP contribution in [0.5, 0.6) is 0 Å². The number of hydrogen-bond donors (Lipinski definition) is 1. The summed E-state index contributed by atoms with van der Waals surface area (Å²) in [6, 6.07) is 12.9. The lowest BCUT2D eigenvalue weighted by molar-refractivity contribution is -0.117. The minimum Gasteiger partial charge on any atom is -0.459 e. The first kappa shape index (κ1) is 19.0. The summed E-state index contributed by atoms with van der Waals surface area (Å²) in [6.07, 6.45) is 1.49. The lowest BCUT2D eigenvalue weighted by atomic mass is 10.2. The van der Waals surface area contributed by atoms with E-state index in [0.717, 1.165) is 10.6 Å². The number of carbonyl (C=O) groups is 2. The van der Waals surface area contributed by atoms with Gasteiger partial charge >= 0.3 is 0 Å². The van der Waals surface area contributed by atoms with E-state index in [1.807, 2.05) is 29.2 Å². The second kappa shape index (κ2) is 9.26. The molecule has 0 radical (unpaired) electrons. The van der Waals surface area contributed by atoms with Crippen LogP contribution >= 0.6 is 11.8 Å². The van der Waals surface area contributed by atoms with E-state index in [2.05, 4.69) is 11.4 Å². The first-order valence-electron chi connectivity index (χ1n) is 8.61. The van der Waals surface area contributed by atoms with Crippen molar-refractivity contribution in [2.24, 2.45) is 0 Å². The third-order valence-corrected chi connectivity index (χ3v) is 5.15. The van der Waals surface area contributed by atoms with Gasteiger partial charge in [0, 0.05) is 31.1 Å². The van der Waals surface area contributed by atoms with E-state index in [0.29, 0.717) is 37.7 Å². The van der Waals surface area contributed by atoms with Crippen molar-refractivity contribution in [3.63, 3.8) is 0 Å². The number of thioether (sulfide) groups is 1. The molecule has 2 amide bonds. The molecule has 2 heterocycles. The normalized spacial score (nSPS) is 14.6. The zero-order valence-corrected chi connectivity index (χ0v) is 15.6. The lowest BCUT2D eigenvalue weighted by Gasteiger charge is -2.33. The van der Waals surface area contributed by atoms with Gasteiger partial charge in [-0.05, 0) is 24.3 Å². The molecule has 3 rings (SSSR count). The zero-order chi connectivity index (χ0) is 19.1. The summed E-state index contributed by atoms with van der Waals surface area (Å²) >= 11 is 1.39. The predicted molar refractivity (Wildman–Crippen MR) is 102 cm³/mol. The van der Waals surface area contributed by atoms with E-state index in [1.54, 1.807) is 17.0 Å². The van der Waals surface area contributed by atoms with E-state index in [9.17, 15) is 9.59 Å². The van der Waals surface area contributed by atoms with E-state index in [1.165, 1.54) is 18.0 Å². The molecule has 1 N–H and O–H groups in total. The van der Waals surface area contributed by atoms with Crippen LogP contribution in [-0.4, -0.2) is 60.1 Å². The van der Waals surface area contributed by atoms with Gasteiger partial charge in [0.15, 0.2) is 5.76 Å². The maximum Gasteiger partial charge on any atom is 0.289 e. The summed E-state index contributed by atoms with van der Waals surface area (Å²) in [7, 11) is 0. The maximum absolute atomic E-state index is 12.4. The number of hydrogen-bond acceptors (Lipinski definition) is 6. The van der Waals surface area contributed by atoms with Crippen molar-refractivity contribution in [1.29, 1.82) is 5.26 Å². The number of nitrogens with one attached hydrogen (secondary N) is 1. The number of piperazine rings is 1. The molecule has 1 aliphatic rings. The molecule has 0 aliphatic carbocycles. The lowest BCUT2D eigenvalue weighted by Crippen LogP contribution is -2.50. The third-order valence-electron chi connectivity index (χ3n) is 4.21. The number of benzene rings is 1. The van der Waals surface area contributed by atoms with Crippen LogP contribution in [0.25, 0.3) is 0 Å². The molecule has 2 aromatic rings. The fraction of sp³-hybridized carbons (Fsp3) is 0.316. The average molecular weight is 384 g/mol. The molecule has 1 aliphatic heterocycles. The van der Waals surface area contributed by atoms with Crippen LogP contribution in [0, 0.1) is 11.3 Å². The molecule has 0 atom stereocenters. The van der Waals surface area contributed by atoms with E-state index in [4.69, 9.17) is 9.68 Å². The number of para-hydroxylation sites is 1. The Kier molecular flexibility index (Phi) is 6.52. The number of rotatable bonds is 6. The van der Waals surface area contributed by atoms with Gasteiger partial charge in [0.05, 0.1) is 30.3 Å². The molecule has 1 fully saturated rings. The zero-order valence-electron chi connectivity index (χ0n) is 14.8. The van der Waals surface area contributed by atoms with Crippen LogP contribution in [0.4, 0.5) is 5.69 Å². The van der Waals surface area contributed by atoms with Crippen molar-refractivity contribution < 1.29 is 14.0 Å². The highest BCUT2D eigenvalue weighted by molar-refractivity contribution is 7.99. The Bertz CT molecular complexity index is 824. The molecule has 0 bridgehead atoms. The molecule has 8 heteroatoms. The highest BCUT2D eigenvalue weighted by Gasteiger charge is 2.24. The first-order valence-corrected chi connectivity index (χ1v) is 9.59. The number of amides is 2.